The summed E-state index contributed by atoms with van der Waals surface area (Å²) in [5.41, 5.74) is 13.1. The van der Waals surface area contributed by atoms with Gasteiger partial charge in [-0.15, -0.1) is 11.3 Å². The number of rotatable bonds is 10. The lowest BCUT2D eigenvalue weighted by Crippen LogP contribution is -2.05. The fraction of sp³-hybridized carbons (Fsp3) is 0.350. The van der Waals surface area contributed by atoms with Crippen molar-refractivity contribution in [2.75, 3.05) is 31.8 Å². The molecule has 0 amide bonds. The predicted octanol–water partition coefficient (Wildman–Crippen LogP) is 2.68. The van der Waals surface area contributed by atoms with Crippen LogP contribution in [0.15, 0.2) is 24.3 Å². The maximum absolute atomic E-state index is 9.05. The number of anilines is 2. The number of nitrogen functional groups attached to an aromatic ring is 2. The van der Waals surface area contributed by atoms with Crippen molar-refractivity contribution in [3.63, 3.8) is 0 Å². The van der Waals surface area contributed by atoms with E-state index in [1.54, 1.807) is 18.4 Å². The van der Waals surface area contributed by atoms with Gasteiger partial charge in [0.05, 0.1) is 19.4 Å². The zero-order chi connectivity index (χ0) is 21.5. The largest absolute Gasteiger partial charge is 0.493 e. The minimum atomic E-state index is -0.0785. The molecule has 30 heavy (non-hydrogen) atoms. The summed E-state index contributed by atoms with van der Waals surface area (Å²) in [5.74, 6) is 1.77. The van der Waals surface area contributed by atoms with Crippen molar-refractivity contribution >= 4 is 23.1 Å². The molecule has 0 saturated heterocycles. The molecule has 0 radical (unpaired) electrons. The van der Waals surface area contributed by atoms with Crippen LogP contribution in [-0.4, -0.2) is 40.4 Å². The number of hydrogen-bond acceptors (Lipinski definition) is 10. The third-order valence-corrected chi connectivity index (χ3v) is 5.32. The second kappa shape index (κ2) is 10.1. The molecular weight excluding hydrogens is 406 g/mol. The monoisotopic (exact) mass is 431 g/mol. The highest BCUT2D eigenvalue weighted by Crippen LogP contribution is 2.36. The molecule has 0 atom stereocenters. The average molecular weight is 432 g/mol. The van der Waals surface area contributed by atoms with Gasteiger partial charge in [-0.1, -0.05) is 13.3 Å². The van der Waals surface area contributed by atoms with Gasteiger partial charge in [0.25, 0.3) is 0 Å². The second-order valence-corrected chi connectivity index (χ2v) is 7.44. The van der Waals surface area contributed by atoms with Crippen LogP contribution in [0.2, 0.25) is 0 Å². The van der Waals surface area contributed by atoms with E-state index in [2.05, 4.69) is 16.9 Å². The molecule has 0 saturated carbocycles. The van der Waals surface area contributed by atoms with Crippen LogP contribution >= 0.6 is 11.3 Å². The first-order valence-corrected chi connectivity index (χ1v) is 10.3. The number of nitrogens with zero attached hydrogens (tertiary/aromatic N) is 3. The summed E-state index contributed by atoms with van der Waals surface area (Å²) in [7, 11) is 1.58. The Morgan fingerprint density at radius 2 is 1.90 bits per heavy atom. The number of ether oxygens (including phenoxy) is 3. The normalized spacial score (nSPS) is 10.8. The van der Waals surface area contributed by atoms with Crippen molar-refractivity contribution in [2.24, 2.45) is 0 Å². The first-order valence-electron chi connectivity index (χ1n) is 9.47. The molecule has 0 aliphatic heterocycles. The Kier molecular flexibility index (Phi) is 7.26. The first kappa shape index (κ1) is 21.6. The molecule has 1 aromatic carbocycles. The Morgan fingerprint density at radius 3 is 2.60 bits per heavy atom. The fourth-order valence-electron chi connectivity index (χ4n) is 2.80. The Bertz CT molecular complexity index is 975. The van der Waals surface area contributed by atoms with Crippen LogP contribution in [0, 0.1) is 0 Å². The molecule has 160 valence electrons. The molecule has 0 spiro atoms. The van der Waals surface area contributed by atoms with Crippen LogP contribution in [0.1, 0.15) is 23.9 Å². The number of thiazole rings is 1. The zero-order valence-electron chi connectivity index (χ0n) is 16.9. The lowest BCUT2D eigenvalue weighted by atomic mass is 10.2. The van der Waals surface area contributed by atoms with Gasteiger partial charge < -0.3 is 30.8 Å². The third kappa shape index (κ3) is 5.28. The molecule has 0 unspecified atom stereocenters. The average Bonchev–Trinajstić information content (AvgIpc) is 3.13. The molecule has 3 aromatic rings. The van der Waals surface area contributed by atoms with E-state index < -0.39 is 0 Å². The Balaban J connectivity index is 1.86. The number of hydrogen-bond donors (Lipinski definition) is 3. The second-order valence-electron chi connectivity index (χ2n) is 6.35. The molecule has 2 heterocycles. The number of aliphatic hydroxyl groups is 1. The smallest absolute Gasteiger partial charge is 0.225 e. The van der Waals surface area contributed by atoms with Gasteiger partial charge in [0.15, 0.2) is 11.5 Å². The molecule has 0 aliphatic rings. The standard InChI is InChI=1S/C20H25N5O4S/c1-3-4-16-13(11-29-18-10-17(21)24-20(22)25-18)23-19(30-16)12-5-6-14(27-2)15(9-12)28-8-7-26/h5-6,9-10,26H,3-4,7-8,11H2,1-2H3,(H4,21,22,24,25). The minimum Gasteiger partial charge on any atom is -0.493 e. The number of methoxy groups -OCH3 is 1. The van der Waals surface area contributed by atoms with Crippen LogP contribution in [0.3, 0.4) is 0 Å². The number of aryl methyl sites for hydroxylation is 1. The van der Waals surface area contributed by atoms with Gasteiger partial charge in [0, 0.05) is 16.5 Å². The van der Waals surface area contributed by atoms with E-state index in [0.29, 0.717) is 17.4 Å². The predicted molar refractivity (Wildman–Crippen MR) is 116 cm³/mol. The van der Waals surface area contributed by atoms with Gasteiger partial charge in [-0.25, -0.2) is 4.98 Å². The number of nitrogens with two attached hydrogens (primary N) is 2. The van der Waals surface area contributed by atoms with Crippen LogP contribution in [0.4, 0.5) is 11.8 Å². The van der Waals surface area contributed by atoms with Crippen molar-refractivity contribution in [2.45, 2.75) is 26.4 Å². The zero-order valence-corrected chi connectivity index (χ0v) is 17.7. The van der Waals surface area contributed by atoms with E-state index in [0.717, 1.165) is 34.0 Å². The summed E-state index contributed by atoms with van der Waals surface area (Å²) in [5, 5.41) is 9.89. The Morgan fingerprint density at radius 1 is 1.07 bits per heavy atom. The molecule has 9 nitrogen and oxygen atoms in total. The molecule has 0 fully saturated rings. The van der Waals surface area contributed by atoms with Crippen LogP contribution < -0.4 is 25.7 Å². The maximum atomic E-state index is 9.05. The quantitative estimate of drug-likeness (QED) is 0.442. The minimum absolute atomic E-state index is 0.0615. The Hall–Kier alpha value is -3.11. The van der Waals surface area contributed by atoms with Gasteiger partial charge >= 0.3 is 0 Å². The van der Waals surface area contributed by atoms with E-state index in [-0.39, 0.29) is 31.6 Å². The highest BCUT2D eigenvalue weighted by molar-refractivity contribution is 7.15. The summed E-state index contributed by atoms with van der Waals surface area (Å²) in [6.45, 7) is 2.46. The summed E-state index contributed by atoms with van der Waals surface area (Å²) in [6.07, 6.45) is 1.87. The van der Waals surface area contributed by atoms with E-state index >= 15 is 0 Å². The van der Waals surface area contributed by atoms with Gasteiger partial charge in [-0.05, 0) is 24.6 Å². The van der Waals surface area contributed by atoms with Crippen molar-refractivity contribution in [1.82, 2.24) is 15.0 Å². The molecule has 0 bridgehead atoms. The lowest BCUT2D eigenvalue weighted by molar-refractivity contribution is 0.196. The molecule has 0 aliphatic carbocycles. The van der Waals surface area contributed by atoms with E-state index in [4.69, 9.17) is 35.8 Å². The van der Waals surface area contributed by atoms with Crippen LogP contribution in [0.25, 0.3) is 10.6 Å². The van der Waals surface area contributed by atoms with E-state index in [9.17, 15) is 0 Å². The molecule has 5 N–H and O–H groups in total. The van der Waals surface area contributed by atoms with Gasteiger partial charge in [0.2, 0.25) is 11.8 Å². The van der Waals surface area contributed by atoms with Crippen LogP contribution in [-0.2, 0) is 13.0 Å². The number of aliphatic hydroxyl groups excluding tert-OH is 1. The van der Waals surface area contributed by atoms with E-state index in [1.807, 2.05) is 18.2 Å². The topological polar surface area (TPSA) is 139 Å². The van der Waals surface area contributed by atoms with E-state index in [1.165, 1.54) is 6.07 Å². The molecule has 2 aromatic heterocycles. The highest BCUT2D eigenvalue weighted by atomic mass is 32.1. The molecular formula is C20H25N5O4S. The van der Waals surface area contributed by atoms with Crippen molar-refractivity contribution in [3.05, 3.63) is 34.8 Å². The summed E-state index contributed by atoms with van der Waals surface area (Å²) in [6, 6.07) is 7.14. The summed E-state index contributed by atoms with van der Waals surface area (Å²) >= 11 is 1.61. The van der Waals surface area contributed by atoms with Gasteiger partial charge in [0.1, 0.15) is 24.0 Å². The SMILES string of the molecule is CCCc1sc(-c2ccc(OC)c(OCCO)c2)nc1COc1cc(N)nc(N)n1. The van der Waals surface area contributed by atoms with Crippen molar-refractivity contribution < 1.29 is 19.3 Å². The molecule has 10 heteroatoms. The molecule has 3 rings (SSSR count). The maximum Gasteiger partial charge on any atom is 0.225 e. The summed E-state index contributed by atoms with van der Waals surface area (Å²) < 4.78 is 16.7. The number of benzene rings is 1. The first-order chi connectivity index (χ1) is 14.5. The third-order valence-electron chi connectivity index (χ3n) is 4.11. The van der Waals surface area contributed by atoms with Gasteiger partial charge in [-0.3, -0.25) is 0 Å². The Labute approximate surface area is 178 Å². The number of aromatic nitrogens is 3. The summed E-state index contributed by atoms with van der Waals surface area (Å²) in [4.78, 5) is 13.8. The lowest BCUT2D eigenvalue weighted by Gasteiger charge is -2.10. The van der Waals surface area contributed by atoms with Gasteiger partial charge in [-0.2, -0.15) is 9.97 Å². The van der Waals surface area contributed by atoms with Crippen LogP contribution in [0.5, 0.6) is 17.4 Å². The van der Waals surface area contributed by atoms with Crippen molar-refractivity contribution in [1.29, 1.82) is 0 Å². The highest BCUT2D eigenvalue weighted by Gasteiger charge is 2.15. The fourth-order valence-corrected chi connectivity index (χ4v) is 3.96. The van der Waals surface area contributed by atoms with Crippen molar-refractivity contribution in [3.8, 4) is 28.0 Å².